The Morgan fingerprint density at radius 2 is 1.47 bits per heavy atom. The Labute approximate surface area is 101 Å². The van der Waals surface area contributed by atoms with Crippen LogP contribution >= 0.6 is 0 Å². The van der Waals surface area contributed by atoms with Crippen LogP contribution in [0, 0.1) is 6.07 Å². The van der Waals surface area contributed by atoms with Crippen LogP contribution in [0.25, 0.3) is 0 Å². The van der Waals surface area contributed by atoms with Crippen molar-refractivity contribution >= 4 is 11.9 Å². The van der Waals surface area contributed by atoms with Crippen molar-refractivity contribution in [2.45, 2.75) is 13.8 Å². The minimum absolute atomic E-state index is 0. The Morgan fingerprint density at radius 3 is 1.80 bits per heavy atom. The summed E-state index contributed by atoms with van der Waals surface area (Å²) in [4.78, 5) is 21.2. The molecule has 81 valence electrons. The Morgan fingerprint density at radius 1 is 1.07 bits per heavy atom. The van der Waals surface area contributed by atoms with Crippen LogP contribution < -0.4 is 9.47 Å². The third-order valence-electron chi connectivity index (χ3n) is 1.26. The summed E-state index contributed by atoms with van der Waals surface area (Å²) < 4.78 is 9.55. The first-order valence-electron chi connectivity index (χ1n) is 3.96. The van der Waals surface area contributed by atoms with E-state index in [1.54, 1.807) is 0 Å². The van der Waals surface area contributed by atoms with Gasteiger partial charge < -0.3 is 9.47 Å². The maximum absolute atomic E-state index is 10.6. The summed E-state index contributed by atoms with van der Waals surface area (Å²) in [7, 11) is 0. The first kappa shape index (κ1) is 13.8. The Kier molecular flexibility index (Phi) is 5.84. The van der Waals surface area contributed by atoms with Crippen LogP contribution in [0.2, 0.25) is 0 Å². The van der Waals surface area contributed by atoms with Gasteiger partial charge in [0.15, 0.2) is 0 Å². The fraction of sp³-hybridized carbons (Fsp3) is 0.200. The Bertz CT molecular complexity index is 331. The fourth-order valence-corrected chi connectivity index (χ4v) is 0.879. The minimum Gasteiger partial charge on any atom is -0.491 e. The van der Waals surface area contributed by atoms with Crippen LogP contribution in [-0.2, 0) is 30.0 Å². The van der Waals surface area contributed by atoms with Gasteiger partial charge in [0, 0.05) is 45.8 Å². The molecule has 1 aromatic carbocycles. The summed E-state index contributed by atoms with van der Waals surface area (Å²) in [5.74, 6) is -0.260. The standard InChI is InChI=1S/C10H9O4.Re/c1-7(11)13-9-4-3-5-10(6-9)14-8(2)12;/h4-6H,1-2H3;/q-1;. The van der Waals surface area contributed by atoms with Gasteiger partial charge in [-0.25, -0.2) is 0 Å². The predicted octanol–water partition coefficient (Wildman–Crippen LogP) is 1.33. The van der Waals surface area contributed by atoms with E-state index < -0.39 is 11.9 Å². The minimum atomic E-state index is -0.432. The maximum atomic E-state index is 10.6. The molecule has 15 heavy (non-hydrogen) atoms. The molecule has 0 aliphatic rings. The Hall–Kier alpha value is -1.18. The summed E-state index contributed by atoms with van der Waals surface area (Å²) in [5.41, 5.74) is 0. The molecule has 0 N–H and O–H groups in total. The van der Waals surface area contributed by atoms with E-state index in [0.29, 0.717) is 11.5 Å². The van der Waals surface area contributed by atoms with Crippen LogP contribution in [0.3, 0.4) is 0 Å². The van der Waals surface area contributed by atoms with Crippen LogP contribution in [-0.4, -0.2) is 11.9 Å². The second-order valence-corrected chi connectivity index (χ2v) is 2.59. The molecule has 0 aliphatic heterocycles. The van der Waals surface area contributed by atoms with Gasteiger partial charge in [0.05, 0.1) is 0 Å². The molecule has 0 amide bonds. The molecule has 0 saturated carbocycles. The van der Waals surface area contributed by atoms with Gasteiger partial charge in [0.25, 0.3) is 11.9 Å². The molecule has 0 unspecified atom stereocenters. The summed E-state index contributed by atoms with van der Waals surface area (Å²) in [6.07, 6.45) is 0. The monoisotopic (exact) mass is 380 g/mol. The van der Waals surface area contributed by atoms with Crippen molar-refractivity contribution in [2.75, 3.05) is 0 Å². The molecule has 0 atom stereocenters. The summed E-state index contributed by atoms with van der Waals surface area (Å²) in [6, 6.07) is 7.09. The second kappa shape index (κ2) is 6.33. The summed E-state index contributed by atoms with van der Waals surface area (Å²) >= 11 is 0. The summed E-state index contributed by atoms with van der Waals surface area (Å²) in [6.45, 7) is 2.58. The van der Waals surface area contributed by atoms with Crippen molar-refractivity contribution in [3.63, 3.8) is 0 Å². The van der Waals surface area contributed by atoms with Gasteiger partial charge in [0.2, 0.25) is 0 Å². The number of carbonyl (C=O) groups excluding carboxylic acids is 2. The van der Waals surface area contributed by atoms with E-state index in [0.717, 1.165) is 0 Å². The summed E-state index contributed by atoms with van der Waals surface area (Å²) in [5, 5.41) is 0. The molecule has 0 bridgehead atoms. The predicted molar refractivity (Wildman–Crippen MR) is 47.9 cm³/mol. The third-order valence-corrected chi connectivity index (χ3v) is 1.26. The number of esters is 2. The van der Waals surface area contributed by atoms with Gasteiger partial charge in [-0.05, 0) is 0 Å². The van der Waals surface area contributed by atoms with Crippen LogP contribution in [0.4, 0.5) is 0 Å². The molecule has 0 aromatic heterocycles. The molecule has 1 aromatic rings. The van der Waals surface area contributed by atoms with Crippen molar-refractivity contribution in [3.8, 4) is 11.5 Å². The van der Waals surface area contributed by atoms with E-state index in [1.807, 2.05) is 0 Å². The van der Waals surface area contributed by atoms with E-state index >= 15 is 0 Å². The SMILES string of the molecule is CC(=O)Oc1c[c-]cc(OC(C)=O)c1.[Re]. The Balaban J connectivity index is 0.00000196. The van der Waals surface area contributed by atoms with Crippen molar-refractivity contribution < 1.29 is 39.5 Å². The number of hydrogen-bond acceptors (Lipinski definition) is 4. The van der Waals surface area contributed by atoms with Crippen molar-refractivity contribution in [1.29, 1.82) is 0 Å². The van der Waals surface area contributed by atoms with Gasteiger partial charge in [-0.3, -0.25) is 9.59 Å². The zero-order chi connectivity index (χ0) is 10.6. The molecule has 0 aliphatic carbocycles. The van der Waals surface area contributed by atoms with Gasteiger partial charge in [-0.15, -0.1) is 12.1 Å². The first-order valence-corrected chi connectivity index (χ1v) is 3.96. The van der Waals surface area contributed by atoms with Crippen molar-refractivity contribution in [3.05, 3.63) is 24.3 Å². The van der Waals surface area contributed by atoms with Crippen LogP contribution in [0.5, 0.6) is 11.5 Å². The number of ether oxygens (including phenoxy) is 2. The van der Waals surface area contributed by atoms with Crippen LogP contribution in [0.15, 0.2) is 18.2 Å². The number of carbonyl (C=O) groups is 2. The molecule has 0 saturated heterocycles. The topological polar surface area (TPSA) is 52.6 Å². The number of rotatable bonds is 2. The second-order valence-electron chi connectivity index (χ2n) is 2.59. The van der Waals surface area contributed by atoms with Gasteiger partial charge in [-0.1, -0.05) is 6.07 Å². The van der Waals surface area contributed by atoms with E-state index in [1.165, 1.54) is 32.0 Å². The number of hydrogen-bond donors (Lipinski definition) is 0. The molecular weight excluding hydrogens is 370 g/mol. The molecular formula is C10H9O4Re-. The average molecular weight is 379 g/mol. The van der Waals surface area contributed by atoms with E-state index in [-0.39, 0.29) is 20.4 Å². The molecule has 1 radical (unpaired) electrons. The zero-order valence-corrected chi connectivity index (χ0v) is 11.0. The zero-order valence-electron chi connectivity index (χ0n) is 8.24. The van der Waals surface area contributed by atoms with E-state index in [4.69, 9.17) is 9.47 Å². The molecule has 0 spiro atoms. The van der Waals surface area contributed by atoms with E-state index in [2.05, 4.69) is 6.07 Å². The number of benzene rings is 1. The normalized spacial score (nSPS) is 8.67. The molecule has 5 heteroatoms. The first-order chi connectivity index (χ1) is 6.58. The molecule has 0 heterocycles. The quantitative estimate of drug-likeness (QED) is 0.442. The fourth-order valence-electron chi connectivity index (χ4n) is 0.879. The van der Waals surface area contributed by atoms with Crippen molar-refractivity contribution in [1.82, 2.24) is 0 Å². The molecule has 1 rings (SSSR count). The third kappa shape index (κ3) is 5.31. The smallest absolute Gasteiger partial charge is 0.296 e. The molecule has 4 nitrogen and oxygen atoms in total. The molecule has 0 fully saturated rings. The van der Waals surface area contributed by atoms with Gasteiger partial charge in [-0.2, -0.15) is 6.07 Å². The van der Waals surface area contributed by atoms with E-state index in [9.17, 15) is 9.59 Å². The van der Waals surface area contributed by atoms with Gasteiger partial charge in [0.1, 0.15) is 0 Å². The van der Waals surface area contributed by atoms with Gasteiger partial charge >= 0.3 is 0 Å². The average Bonchev–Trinajstić information content (AvgIpc) is 2.01. The maximum Gasteiger partial charge on any atom is 0.296 e. The van der Waals surface area contributed by atoms with Crippen molar-refractivity contribution in [2.24, 2.45) is 0 Å². The van der Waals surface area contributed by atoms with Crippen LogP contribution in [0.1, 0.15) is 13.8 Å². The largest absolute Gasteiger partial charge is 0.491 e.